The number of aromatic amines is 1. The Morgan fingerprint density at radius 2 is 1.64 bits per heavy atom. The van der Waals surface area contributed by atoms with E-state index in [1.54, 1.807) is 41.9 Å². The standard InChI is InChI=1S/C28H26N4O4/c33-26(32-36)17-12-19-10-13-20(14-11-19)24(16-15-22-18-29-25-9-5-4-8-23(22)25)30-28(35)31-27(34)21-6-2-1-3-7-21/h1-14,17-18,24,29,36H,15-16H2,(H,32,33)(H2,30,31,34,35). The number of hydrogen-bond acceptors (Lipinski definition) is 4. The first-order valence-electron chi connectivity index (χ1n) is 11.5. The van der Waals surface area contributed by atoms with Crippen LogP contribution >= 0.6 is 0 Å². The molecule has 1 unspecified atom stereocenters. The second-order valence-corrected chi connectivity index (χ2v) is 8.22. The minimum Gasteiger partial charge on any atom is -0.361 e. The fraction of sp³-hybridized carbons (Fsp3) is 0.107. The smallest absolute Gasteiger partial charge is 0.322 e. The number of H-pyrrole nitrogens is 1. The number of aryl methyl sites for hydroxylation is 1. The van der Waals surface area contributed by atoms with Gasteiger partial charge in [-0.3, -0.25) is 20.1 Å². The Morgan fingerprint density at radius 3 is 2.39 bits per heavy atom. The van der Waals surface area contributed by atoms with Crippen molar-refractivity contribution in [2.75, 3.05) is 0 Å². The molecule has 0 aliphatic heterocycles. The third-order valence-electron chi connectivity index (χ3n) is 5.82. The molecule has 8 nitrogen and oxygen atoms in total. The summed E-state index contributed by atoms with van der Waals surface area (Å²) in [6.45, 7) is 0. The second-order valence-electron chi connectivity index (χ2n) is 8.22. The van der Waals surface area contributed by atoms with Gasteiger partial charge in [-0.2, -0.15) is 0 Å². The molecule has 182 valence electrons. The number of carbonyl (C=O) groups excluding carboxylic acids is 3. The topological polar surface area (TPSA) is 123 Å². The lowest BCUT2D eigenvalue weighted by Gasteiger charge is -2.20. The van der Waals surface area contributed by atoms with Crippen LogP contribution in [0.3, 0.4) is 0 Å². The number of urea groups is 1. The van der Waals surface area contributed by atoms with E-state index in [2.05, 4.69) is 21.7 Å². The van der Waals surface area contributed by atoms with Crippen molar-refractivity contribution in [2.24, 2.45) is 0 Å². The number of aromatic nitrogens is 1. The first-order chi connectivity index (χ1) is 17.5. The van der Waals surface area contributed by atoms with Gasteiger partial charge in [-0.25, -0.2) is 10.3 Å². The Kier molecular flexibility index (Phi) is 7.90. The molecule has 3 aromatic carbocycles. The van der Waals surface area contributed by atoms with Crippen LogP contribution in [0.15, 0.2) is 91.1 Å². The lowest BCUT2D eigenvalue weighted by Crippen LogP contribution is -2.41. The number of imide groups is 1. The summed E-state index contributed by atoms with van der Waals surface area (Å²) < 4.78 is 0. The van der Waals surface area contributed by atoms with Gasteiger partial charge in [0, 0.05) is 28.7 Å². The van der Waals surface area contributed by atoms with Crippen LogP contribution in [0.2, 0.25) is 0 Å². The van der Waals surface area contributed by atoms with Gasteiger partial charge in [0.1, 0.15) is 0 Å². The maximum atomic E-state index is 12.7. The Morgan fingerprint density at radius 1 is 0.917 bits per heavy atom. The molecule has 0 aliphatic carbocycles. The Balaban J connectivity index is 1.50. The summed E-state index contributed by atoms with van der Waals surface area (Å²) in [7, 11) is 0. The molecule has 1 heterocycles. The van der Waals surface area contributed by atoms with Crippen molar-refractivity contribution in [1.82, 2.24) is 21.1 Å². The fourth-order valence-corrected chi connectivity index (χ4v) is 3.97. The summed E-state index contributed by atoms with van der Waals surface area (Å²) in [4.78, 5) is 39.7. The van der Waals surface area contributed by atoms with E-state index in [9.17, 15) is 14.4 Å². The van der Waals surface area contributed by atoms with Crippen molar-refractivity contribution in [3.63, 3.8) is 0 Å². The monoisotopic (exact) mass is 482 g/mol. The maximum absolute atomic E-state index is 12.7. The van der Waals surface area contributed by atoms with E-state index in [-0.39, 0.29) is 6.04 Å². The molecule has 0 radical (unpaired) electrons. The van der Waals surface area contributed by atoms with Crippen LogP contribution in [-0.2, 0) is 11.2 Å². The zero-order chi connectivity index (χ0) is 25.3. The minimum absolute atomic E-state index is 0.374. The largest absolute Gasteiger partial charge is 0.361 e. The molecule has 4 amide bonds. The molecule has 0 spiro atoms. The number of hydroxylamine groups is 1. The molecule has 1 aromatic heterocycles. The van der Waals surface area contributed by atoms with Gasteiger partial charge < -0.3 is 10.3 Å². The summed E-state index contributed by atoms with van der Waals surface area (Å²) in [6.07, 6.45) is 6.04. The number of nitrogens with one attached hydrogen (secondary N) is 4. The second kappa shape index (κ2) is 11.6. The van der Waals surface area contributed by atoms with Gasteiger partial charge >= 0.3 is 6.03 Å². The SMILES string of the molecule is O=C(C=Cc1ccc(C(CCc2c[nH]c3ccccc23)NC(=O)NC(=O)c2ccccc2)cc1)NO. The molecule has 4 rings (SSSR count). The molecule has 1 atom stereocenters. The van der Waals surface area contributed by atoms with Crippen LogP contribution in [0, 0.1) is 0 Å². The number of rotatable bonds is 8. The molecule has 0 saturated heterocycles. The number of fused-ring (bicyclic) bond motifs is 1. The number of carbonyl (C=O) groups is 3. The highest BCUT2D eigenvalue weighted by Crippen LogP contribution is 2.24. The summed E-state index contributed by atoms with van der Waals surface area (Å²) in [5, 5.41) is 15.1. The van der Waals surface area contributed by atoms with Gasteiger partial charge in [-0.05, 0) is 53.8 Å². The summed E-state index contributed by atoms with van der Waals surface area (Å²) in [5.74, 6) is -1.11. The molecular weight excluding hydrogens is 456 g/mol. The summed E-state index contributed by atoms with van der Waals surface area (Å²) in [6, 6.07) is 22.9. The molecule has 0 saturated carbocycles. The van der Waals surface area contributed by atoms with E-state index < -0.39 is 17.8 Å². The van der Waals surface area contributed by atoms with Crippen LogP contribution in [0.5, 0.6) is 0 Å². The Hall–Kier alpha value is -4.69. The first kappa shape index (κ1) is 24.4. The van der Waals surface area contributed by atoms with E-state index in [0.29, 0.717) is 18.4 Å². The third-order valence-corrected chi connectivity index (χ3v) is 5.82. The Labute approximate surface area is 208 Å². The van der Waals surface area contributed by atoms with Gasteiger partial charge in [0.05, 0.1) is 6.04 Å². The maximum Gasteiger partial charge on any atom is 0.322 e. The van der Waals surface area contributed by atoms with Crippen LogP contribution in [0.1, 0.15) is 39.5 Å². The van der Waals surface area contributed by atoms with Crippen molar-refractivity contribution in [2.45, 2.75) is 18.9 Å². The lowest BCUT2D eigenvalue weighted by molar-refractivity contribution is -0.124. The normalized spacial score (nSPS) is 11.8. The molecule has 8 heteroatoms. The summed E-state index contributed by atoms with van der Waals surface area (Å²) in [5.41, 5.74) is 5.72. The highest BCUT2D eigenvalue weighted by molar-refractivity contribution is 6.04. The third kappa shape index (κ3) is 6.25. The molecule has 4 aromatic rings. The number of benzene rings is 3. The van der Waals surface area contributed by atoms with Crippen LogP contribution in [-0.4, -0.2) is 28.0 Å². The average Bonchev–Trinajstić information content (AvgIpc) is 3.33. The fourth-order valence-electron chi connectivity index (χ4n) is 3.97. The van der Waals surface area contributed by atoms with Gasteiger partial charge in [0.2, 0.25) is 0 Å². The zero-order valence-corrected chi connectivity index (χ0v) is 19.4. The number of hydrogen-bond donors (Lipinski definition) is 5. The highest BCUT2D eigenvalue weighted by Gasteiger charge is 2.18. The van der Waals surface area contributed by atoms with Crippen molar-refractivity contribution < 1.29 is 19.6 Å². The molecule has 5 N–H and O–H groups in total. The van der Waals surface area contributed by atoms with E-state index in [1.807, 2.05) is 48.7 Å². The predicted molar refractivity (Wildman–Crippen MR) is 137 cm³/mol. The van der Waals surface area contributed by atoms with E-state index in [4.69, 9.17) is 5.21 Å². The highest BCUT2D eigenvalue weighted by atomic mass is 16.5. The summed E-state index contributed by atoms with van der Waals surface area (Å²) >= 11 is 0. The van der Waals surface area contributed by atoms with Crippen LogP contribution < -0.4 is 16.1 Å². The molecular formula is C28H26N4O4. The zero-order valence-electron chi connectivity index (χ0n) is 19.4. The quantitative estimate of drug-likeness (QED) is 0.144. The lowest BCUT2D eigenvalue weighted by atomic mass is 9.97. The van der Waals surface area contributed by atoms with Gasteiger partial charge in [-0.15, -0.1) is 0 Å². The molecule has 0 bridgehead atoms. The van der Waals surface area contributed by atoms with Crippen molar-refractivity contribution in [3.05, 3.63) is 113 Å². The van der Waals surface area contributed by atoms with Gasteiger partial charge in [0.15, 0.2) is 0 Å². The first-order valence-corrected chi connectivity index (χ1v) is 11.5. The number of para-hydroxylation sites is 1. The Bertz CT molecular complexity index is 1380. The average molecular weight is 483 g/mol. The molecule has 0 aliphatic rings. The van der Waals surface area contributed by atoms with Crippen LogP contribution in [0.25, 0.3) is 17.0 Å². The van der Waals surface area contributed by atoms with Gasteiger partial charge in [0.25, 0.3) is 11.8 Å². The van der Waals surface area contributed by atoms with Crippen molar-refractivity contribution >= 4 is 34.8 Å². The van der Waals surface area contributed by atoms with Crippen LogP contribution in [0.4, 0.5) is 4.79 Å². The van der Waals surface area contributed by atoms with E-state index in [0.717, 1.165) is 27.6 Å². The predicted octanol–water partition coefficient (Wildman–Crippen LogP) is 4.50. The van der Waals surface area contributed by atoms with Crippen molar-refractivity contribution in [3.8, 4) is 0 Å². The van der Waals surface area contributed by atoms with Crippen molar-refractivity contribution in [1.29, 1.82) is 0 Å². The van der Waals surface area contributed by atoms with E-state index in [1.165, 1.54) is 6.08 Å². The molecule has 36 heavy (non-hydrogen) atoms. The van der Waals surface area contributed by atoms with Gasteiger partial charge in [-0.1, -0.05) is 60.7 Å². The molecule has 0 fully saturated rings. The number of amides is 4. The van der Waals surface area contributed by atoms with E-state index >= 15 is 0 Å². The minimum atomic E-state index is -0.628.